The summed E-state index contributed by atoms with van der Waals surface area (Å²) in [5, 5.41) is 0. The van der Waals surface area contributed by atoms with Gasteiger partial charge in [0.1, 0.15) is 0 Å². The van der Waals surface area contributed by atoms with Crippen molar-refractivity contribution in [3.8, 4) is 0 Å². The summed E-state index contributed by atoms with van der Waals surface area (Å²) >= 11 is 0. The van der Waals surface area contributed by atoms with Gasteiger partial charge < -0.3 is 9.47 Å². The minimum Gasteiger partial charge on any atom is -0.489 e. The molecule has 0 fully saturated rings. The van der Waals surface area contributed by atoms with Crippen molar-refractivity contribution in [3.05, 3.63) is 139 Å². The molecule has 1 aliphatic carbocycles. The minimum absolute atomic E-state index is 0.00657. The number of carbonyl (C=O) groups is 2. The van der Waals surface area contributed by atoms with Crippen LogP contribution in [-0.4, -0.2) is 25.8 Å². The molecule has 0 aromatic carbocycles. The fourth-order valence-electron chi connectivity index (χ4n) is 7.69. The summed E-state index contributed by atoms with van der Waals surface area (Å²) < 4.78 is 10.3. The summed E-state index contributed by atoms with van der Waals surface area (Å²) in [5.74, 6) is -0.571. The van der Waals surface area contributed by atoms with Crippen molar-refractivity contribution in [3.63, 3.8) is 0 Å². The van der Waals surface area contributed by atoms with Crippen molar-refractivity contribution in [2.45, 2.75) is 212 Å². The lowest BCUT2D eigenvalue weighted by molar-refractivity contribution is -0.121. The molecule has 4 nitrogen and oxygen atoms in total. The number of hydrogen-bond donors (Lipinski definition) is 0. The molecule has 0 aromatic rings. The molecule has 0 spiro atoms. The Morgan fingerprint density at radius 1 is 0.359 bits per heavy atom. The van der Waals surface area contributed by atoms with Gasteiger partial charge in [0.25, 0.3) is 0 Å². The topological polar surface area (TPSA) is 52.6 Å². The lowest BCUT2D eigenvalue weighted by Crippen LogP contribution is -2.24. The fourth-order valence-corrected chi connectivity index (χ4v) is 7.69. The van der Waals surface area contributed by atoms with Crippen LogP contribution in [0.4, 0.5) is 0 Å². The van der Waals surface area contributed by atoms with E-state index in [-0.39, 0.29) is 23.1 Å². The molecule has 4 heteroatoms. The maximum absolute atomic E-state index is 12.9. The number of methoxy groups -OCH3 is 2. The standard InChI is InChI=1S/C60H92O4/c1-15-45(2)25-16-26-46(3)27-17-28-47(4)29-18-30-48(5)31-19-32-49(6)33-20-34-50(7)35-21-36-51(8)37-22-38-52(9)39-23-40-53(10)41-24-42-54(11)43-44-56-55(12)57(61)59(63-13)60(64-14)58(56)62/h25,27,29,31,33,35,37,39,41,43H,15-24,26,28,30,32,34,36,38,40,42,44H2,1-14H3. The van der Waals surface area contributed by atoms with E-state index in [9.17, 15) is 9.59 Å². The molecule has 64 heavy (non-hydrogen) atoms. The van der Waals surface area contributed by atoms with Crippen molar-refractivity contribution in [2.24, 2.45) is 0 Å². The van der Waals surface area contributed by atoms with Gasteiger partial charge in [-0.15, -0.1) is 0 Å². The maximum Gasteiger partial charge on any atom is 0.228 e. The van der Waals surface area contributed by atoms with Crippen molar-refractivity contribution in [1.29, 1.82) is 0 Å². The van der Waals surface area contributed by atoms with E-state index in [1.54, 1.807) is 6.92 Å². The van der Waals surface area contributed by atoms with Gasteiger partial charge in [0.15, 0.2) is 0 Å². The van der Waals surface area contributed by atoms with E-state index in [0.717, 1.165) is 96.3 Å². The number of ketones is 2. The van der Waals surface area contributed by atoms with Crippen molar-refractivity contribution in [2.75, 3.05) is 14.2 Å². The van der Waals surface area contributed by atoms with Crippen LogP contribution < -0.4 is 0 Å². The molecule has 0 aromatic heterocycles. The average Bonchev–Trinajstić information content (AvgIpc) is 3.24. The minimum atomic E-state index is -0.284. The van der Waals surface area contributed by atoms with Crippen LogP contribution in [0.15, 0.2) is 139 Å². The first-order valence-electron chi connectivity index (χ1n) is 24.7. The van der Waals surface area contributed by atoms with Crippen LogP contribution in [0, 0.1) is 0 Å². The molecule has 356 valence electrons. The van der Waals surface area contributed by atoms with Gasteiger partial charge in [-0.2, -0.15) is 0 Å². The van der Waals surface area contributed by atoms with Gasteiger partial charge in [0.2, 0.25) is 23.1 Å². The molecule has 0 N–H and O–H groups in total. The molecular formula is C60H92O4. The second kappa shape index (κ2) is 34.2. The Morgan fingerprint density at radius 3 is 0.812 bits per heavy atom. The predicted octanol–water partition coefficient (Wildman–Crippen LogP) is 18.2. The van der Waals surface area contributed by atoms with E-state index in [4.69, 9.17) is 9.47 Å². The molecule has 1 rings (SSSR count). The molecule has 0 atom stereocenters. The first-order valence-corrected chi connectivity index (χ1v) is 24.7. The van der Waals surface area contributed by atoms with E-state index in [1.165, 1.54) is 95.6 Å². The summed E-state index contributed by atoms with van der Waals surface area (Å²) in [5.41, 5.74) is 15.6. The lowest BCUT2D eigenvalue weighted by atomic mass is 9.90. The Hall–Kier alpha value is -4.18. The van der Waals surface area contributed by atoms with Crippen molar-refractivity contribution >= 4 is 11.6 Å². The zero-order chi connectivity index (χ0) is 47.9. The highest BCUT2D eigenvalue weighted by Gasteiger charge is 2.34. The van der Waals surface area contributed by atoms with E-state index >= 15 is 0 Å². The summed E-state index contributed by atoms with van der Waals surface area (Å²) in [6.07, 6.45) is 45.5. The van der Waals surface area contributed by atoms with E-state index < -0.39 is 0 Å². The Bertz CT molecular complexity index is 1870. The van der Waals surface area contributed by atoms with Crippen molar-refractivity contribution in [1.82, 2.24) is 0 Å². The Morgan fingerprint density at radius 2 is 0.578 bits per heavy atom. The number of Topliss-reactive ketones (excluding diaryl/α,β-unsaturated/α-hetero) is 2. The lowest BCUT2D eigenvalue weighted by Gasteiger charge is -2.19. The van der Waals surface area contributed by atoms with Gasteiger partial charge in [0.05, 0.1) is 14.2 Å². The van der Waals surface area contributed by atoms with E-state index in [1.807, 2.05) is 0 Å². The normalized spacial score (nSPS) is 16.2. The van der Waals surface area contributed by atoms with Crippen LogP contribution in [0.5, 0.6) is 0 Å². The van der Waals surface area contributed by atoms with Gasteiger partial charge in [-0.05, 0) is 205 Å². The Kier molecular flexibility index (Phi) is 30.9. The van der Waals surface area contributed by atoms with Crippen LogP contribution in [-0.2, 0) is 19.1 Å². The molecule has 1 aliphatic rings. The summed E-state index contributed by atoms with van der Waals surface area (Å²) in [7, 11) is 2.78. The van der Waals surface area contributed by atoms with Gasteiger partial charge in [-0.25, -0.2) is 0 Å². The highest BCUT2D eigenvalue weighted by molar-refractivity contribution is 6.23. The van der Waals surface area contributed by atoms with Crippen LogP contribution in [0.1, 0.15) is 212 Å². The molecule has 0 bridgehead atoms. The number of carbonyl (C=O) groups excluding carboxylic acids is 2. The first kappa shape index (κ1) is 57.8. The summed E-state index contributed by atoms with van der Waals surface area (Å²) in [6.45, 7) is 26.5. The fraction of sp³-hybridized carbons (Fsp3) is 0.567. The molecule has 0 saturated carbocycles. The van der Waals surface area contributed by atoms with Crippen LogP contribution >= 0.6 is 0 Å². The largest absolute Gasteiger partial charge is 0.489 e. The first-order chi connectivity index (χ1) is 30.5. The smallest absolute Gasteiger partial charge is 0.228 e. The maximum atomic E-state index is 12.9. The zero-order valence-electron chi connectivity index (χ0n) is 43.5. The molecule has 0 saturated heterocycles. The average molecular weight is 877 g/mol. The van der Waals surface area contributed by atoms with Crippen molar-refractivity contribution < 1.29 is 19.1 Å². The van der Waals surface area contributed by atoms with Gasteiger partial charge in [0, 0.05) is 11.1 Å². The SMILES string of the molecule is CCC(C)=CCCC(C)=CCCC(C)=CCCC(C)=CCCC(C)=CCCC(C)=CCCC(C)=CCCC(C)=CCCC(C)=CCCC(C)=CCC1=C(C)C(=O)C(OC)=C(OC)C1=O. The number of ether oxygens (including phenoxy) is 2. The number of allylic oxidation sites excluding steroid dienone is 22. The monoisotopic (exact) mass is 877 g/mol. The zero-order valence-corrected chi connectivity index (χ0v) is 43.5. The van der Waals surface area contributed by atoms with E-state index in [2.05, 4.69) is 137 Å². The highest BCUT2D eigenvalue weighted by atomic mass is 16.5. The Balaban J connectivity index is 2.30. The Labute approximate surface area is 394 Å². The van der Waals surface area contributed by atoms with Crippen LogP contribution in [0.25, 0.3) is 0 Å². The van der Waals surface area contributed by atoms with Crippen LogP contribution in [0.3, 0.4) is 0 Å². The molecule has 0 amide bonds. The molecule has 0 aliphatic heterocycles. The number of hydrogen-bond acceptors (Lipinski definition) is 4. The van der Waals surface area contributed by atoms with E-state index in [0.29, 0.717) is 17.6 Å². The number of rotatable bonds is 32. The molecule has 0 radical (unpaired) electrons. The molecule has 0 unspecified atom stereocenters. The molecular weight excluding hydrogens is 785 g/mol. The van der Waals surface area contributed by atoms with Gasteiger partial charge in [-0.1, -0.05) is 123 Å². The molecule has 0 heterocycles. The van der Waals surface area contributed by atoms with Crippen LogP contribution in [0.2, 0.25) is 0 Å². The quantitative estimate of drug-likeness (QED) is 0.0499. The highest BCUT2D eigenvalue weighted by Crippen LogP contribution is 2.28. The second-order valence-corrected chi connectivity index (χ2v) is 18.7. The third-order valence-electron chi connectivity index (χ3n) is 12.6. The third kappa shape index (κ3) is 25.9. The summed E-state index contributed by atoms with van der Waals surface area (Å²) in [4.78, 5) is 25.5. The third-order valence-corrected chi connectivity index (χ3v) is 12.6. The van der Waals surface area contributed by atoms with Gasteiger partial charge >= 0.3 is 0 Å². The van der Waals surface area contributed by atoms with Gasteiger partial charge in [-0.3, -0.25) is 9.59 Å². The summed E-state index contributed by atoms with van der Waals surface area (Å²) in [6, 6.07) is 0. The predicted molar refractivity (Wildman–Crippen MR) is 279 cm³/mol. The second-order valence-electron chi connectivity index (χ2n) is 18.7.